The summed E-state index contributed by atoms with van der Waals surface area (Å²) in [6.45, 7) is 3.08. The number of fused-ring (bicyclic) bond motifs is 1. The van der Waals surface area contributed by atoms with Gasteiger partial charge in [-0.2, -0.15) is 0 Å². The Labute approximate surface area is 125 Å². The Morgan fingerprint density at radius 1 is 1.55 bits per heavy atom. The molecule has 0 saturated heterocycles. The maximum Gasteiger partial charge on any atom is 0.221 e. The second-order valence-corrected chi connectivity index (χ2v) is 5.26. The summed E-state index contributed by atoms with van der Waals surface area (Å²) in [6, 6.07) is 2.82. The molecule has 108 valence electrons. The van der Waals surface area contributed by atoms with E-state index in [9.17, 15) is 9.18 Å². The number of H-pyrrole nitrogens is 1. The lowest BCUT2D eigenvalue weighted by Crippen LogP contribution is -2.25. The molecule has 0 radical (unpaired) electrons. The van der Waals surface area contributed by atoms with Crippen molar-refractivity contribution in [2.45, 2.75) is 26.3 Å². The third-order valence-electron chi connectivity index (χ3n) is 2.95. The molecule has 1 aromatic carbocycles. The lowest BCUT2D eigenvalue weighted by Gasteiger charge is -2.06. The average molecular weight is 316 g/mol. The predicted octanol–water partition coefficient (Wildman–Crippen LogP) is 3.41. The van der Waals surface area contributed by atoms with Crippen molar-refractivity contribution in [3.8, 4) is 0 Å². The van der Waals surface area contributed by atoms with Crippen molar-refractivity contribution in [2.75, 3.05) is 6.54 Å². The Hall–Kier alpha value is -1.40. The number of imidazole rings is 1. The maximum absolute atomic E-state index is 13.4. The molecule has 0 aliphatic heterocycles. The third kappa shape index (κ3) is 3.19. The summed E-state index contributed by atoms with van der Waals surface area (Å²) < 4.78 is 15.6. The van der Waals surface area contributed by atoms with E-state index in [1.165, 1.54) is 12.1 Å². The van der Waals surface area contributed by atoms with E-state index in [1.807, 2.05) is 6.92 Å². The third-order valence-corrected chi connectivity index (χ3v) is 3.56. The van der Waals surface area contributed by atoms with E-state index in [1.54, 1.807) is 4.57 Å². The first-order chi connectivity index (χ1) is 9.52. The lowest BCUT2D eigenvalue weighted by molar-refractivity contribution is -0.121. The van der Waals surface area contributed by atoms with Crippen LogP contribution in [0.15, 0.2) is 12.1 Å². The molecule has 1 amide bonds. The van der Waals surface area contributed by atoms with Gasteiger partial charge in [-0.05, 0) is 24.7 Å². The number of hydrogen-bond donors (Lipinski definition) is 2. The van der Waals surface area contributed by atoms with Crippen molar-refractivity contribution in [1.82, 2.24) is 14.9 Å². The number of halogens is 2. The molecule has 2 rings (SSSR count). The number of rotatable bonds is 5. The number of aromatic nitrogens is 2. The molecule has 2 N–H and O–H groups in total. The van der Waals surface area contributed by atoms with Crippen LogP contribution < -0.4 is 5.32 Å². The number of hydrogen-bond acceptors (Lipinski definition) is 2. The molecule has 1 heterocycles. The summed E-state index contributed by atoms with van der Waals surface area (Å²) in [5.74, 6) is -0.528. The van der Waals surface area contributed by atoms with Gasteiger partial charge in [0.05, 0.1) is 16.1 Å². The van der Waals surface area contributed by atoms with Gasteiger partial charge in [0.15, 0.2) is 4.77 Å². The van der Waals surface area contributed by atoms with E-state index in [-0.39, 0.29) is 10.9 Å². The Morgan fingerprint density at radius 3 is 3.00 bits per heavy atom. The van der Waals surface area contributed by atoms with Gasteiger partial charge in [0.1, 0.15) is 5.82 Å². The molecule has 2 aromatic rings. The molecule has 0 aliphatic carbocycles. The van der Waals surface area contributed by atoms with Crippen LogP contribution in [0.3, 0.4) is 0 Å². The molecule has 7 heteroatoms. The molecule has 20 heavy (non-hydrogen) atoms. The highest BCUT2D eigenvalue weighted by atomic mass is 35.5. The molecule has 0 spiro atoms. The summed E-state index contributed by atoms with van der Waals surface area (Å²) in [5, 5.41) is 2.84. The average Bonchev–Trinajstić information content (AvgIpc) is 2.70. The fourth-order valence-corrected chi connectivity index (χ4v) is 2.40. The van der Waals surface area contributed by atoms with Gasteiger partial charge in [-0.25, -0.2) is 4.39 Å². The first-order valence-corrected chi connectivity index (χ1v) is 7.15. The van der Waals surface area contributed by atoms with Gasteiger partial charge in [-0.1, -0.05) is 18.5 Å². The second kappa shape index (κ2) is 6.37. The van der Waals surface area contributed by atoms with Crippen LogP contribution in [0.4, 0.5) is 4.39 Å². The van der Waals surface area contributed by atoms with Crippen molar-refractivity contribution >= 4 is 40.8 Å². The molecule has 0 aliphatic rings. The number of aromatic amines is 1. The minimum atomic E-state index is -0.497. The largest absolute Gasteiger partial charge is 0.356 e. The first-order valence-electron chi connectivity index (χ1n) is 6.37. The van der Waals surface area contributed by atoms with Crippen LogP contribution in [0.2, 0.25) is 5.02 Å². The quantitative estimate of drug-likeness (QED) is 0.831. The minimum absolute atomic E-state index is 0.0312. The van der Waals surface area contributed by atoms with Gasteiger partial charge >= 0.3 is 0 Å². The zero-order chi connectivity index (χ0) is 14.7. The minimum Gasteiger partial charge on any atom is -0.356 e. The van der Waals surface area contributed by atoms with E-state index in [0.29, 0.717) is 35.3 Å². The number of carbonyl (C=O) groups is 1. The van der Waals surface area contributed by atoms with E-state index >= 15 is 0 Å². The molecule has 0 saturated carbocycles. The maximum atomic E-state index is 13.4. The van der Waals surface area contributed by atoms with Crippen molar-refractivity contribution in [3.05, 3.63) is 27.7 Å². The summed E-state index contributed by atoms with van der Waals surface area (Å²) in [5.41, 5.74) is 1.27. The first kappa shape index (κ1) is 15.0. The summed E-state index contributed by atoms with van der Waals surface area (Å²) in [7, 11) is 0. The zero-order valence-electron chi connectivity index (χ0n) is 11.0. The van der Waals surface area contributed by atoms with E-state index in [2.05, 4.69) is 10.3 Å². The Morgan fingerprint density at radius 2 is 2.30 bits per heavy atom. The van der Waals surface area contributed by atoms with E-state index < -0.39 is 5.82 Å². The summed E-state index contributed by atoms with van der Waals surface area (Å²) >= 11 is 11.0. The van der Waals surface area contributed by atoms with Gasteiger partial charge in [0, 0.05) is 25.6 Å². The van der Waals surface area contributed by atoms with Crippen LogP contribution in [0, 0.1) is 10.6 Å². The monoisotopic (exact) mass is 315 g/mol. The summed E-state index contributed by atoms with van der Waals surface area (Å²) in [4.78, 5) is 14.5. The van der Waals surface area contributed by atoms with Gasteiger partial charge in [-0.15, -0.1) is 0 Å². The van der Waals surface area contributed by atoms with Crippen LogP contribution >= 0.6 is 23.8 Å². The predicted molar refractivity (Wildman–Crippen MR) is 80.0 cm³/mol. The Balaban J connectivity index is 2.22. The second-order valence-electron chi connectivity index (χ2n) is 4.47. The highest BCUT2D eigenvalue weighted by molar-refractivity contribution is 7.71. The van der Waals surface area contributed by atoms with Crippen molar-refractivity contribution in [3.63, 3.8) is 0 Å². The fourth-order valence-electron chi connectivity index (χ4n) is 1.94. The molecule has 1 aromatic heterocycles. The summed E-state index contributed by atoms with van der Waals surface area (Å²) in [6.07, 6.45) is 1.21. The van der Waals surface area contributed by atoms with Gasteiger partial charge in [-0.3, -0.25) is 4.79 Å². The Bertz CT molecular complexity index is 695. The molecule has 0 fully saturated rings. The van der Waals surface area contributed by atoms with Crippen LogP contribution in [-0.2, 0) is 11.3 Å². The number of benzene rings is 1. The molecule has 0 atom stereocenters. The van der Waals surface area contributed by atoms with Gasteiger partial charge < -0.3 is 14.9 Å². The Kier molecular flexibility index (Phi) is 4.77. The topological polar surface area (TPSA) is 49.8 Å². The van der Waals surface area contributed by atoms with E-state index in [4.69, 9.17) is 23.8 Å². The zero-order valence-corrected chi connectivity index (χ0v) is 12.6. The number of amides is 1. The van der Waals surface area contributed by atoms with Crippen LogP contribution in [-0.4, -0.2) is 22.0 Å². The van der Waals surface area contributed by atoms with E-state index in [0.717, 1.165) is 6.42 Å². The molecular weight excluding hydrogens is 301 g/mol. The highest BCUT2D eigenvalue weighted by Gasteiger charge is 2.10. The van der Waals surface area contributed by atoms with Crippen LogP contribution in [0.25, 0.3) is 11.0 Å². The molecule has 0 unspecified atom stereocenters. The fraction of sp³-hybridized carbons (Fsp3) is 0.385. The van der Waals surface area contributed by atoms with Crippen molar-refractivity contribution < 1.29 is 9.18 Å². The molecular formula is C13H15ClFN3OS. The van der Waals surface area contributed by atoms with Gasteiger partial charge in [0.2, 0.25) is 5.91 Å². The number of nitrogens with one attached hydrogen (secondary N) is 2. The number of nitrogens with zero attached hydrogens (tertiary/aromatic N) is 1. The molecule has 4 nitrogen and oxygen atoms in total. The smallest absolute Gasteiger partial charge is 0.221 e. The molecule has 0 bridgehead atoms. The highest BCUT2D eigenvalue weighted by Crippen LogP contribution is 2.23. The normalized spacial score (nSPS) is 10.9. The van der Waals surface area contributed by atoms with Crippen LogP contribution in [0.1, 0.15) is 19.8 Å². The SMILES string of the molecule is CCCNC(=O)CCn1c(=S)[nH]c2cc(F)c(Cl)cc21. The lowest BCUT2D eigenvalue weighted by atomic mass is 10.3. The van der Waals surface area contributed by atoms with Crippen molar-refractivity contribution in [1.29, 1.82) is 0 Å². The van der Waals surface area contributed by atoms with Gasteiger partial charge in [0.25, 0.3) is 0 Å². The number of carbonyl (C=O) groups excluding carboxylic acids is 1. The van der Waals surface area contributed by atoms with Crippen molar-refractivity contribution in [2.24, 2.45) is 0 Å². The number of aryl methyl sites for hydroxylation is 1. The standard InChI is InChI=1S/C13H15ClFN3OS/c1-2-4-16-12(19)3-5-18-11-6-8(14)9(15)7-10(11)17-13(18)20/h6-7H,2-5H2,1H3,(H,16,19)(H,17,20). The van der Waals surface area contributed by atoms with Crippen LogP contribution in [0.5, 0.6) is 0 Å².